The molecule has 0 saturated heterocycles. The molecule has 0 aliphatic rings. The molecule has 0 rings (SSSR count). The van der Waals surface area contributed by atoms with E-state index in [0.717, 1.165) is 5.92 Å². The third-order valence-electron chi connectivity index (χ3n) is 1.39. The quantitative estimate of drug-likeness (QED) is 0.528. The Morgan fingerprint density at radius 1 is 0.818 bits per heavy atom. The monoisotopic (exact) mass is 162 g/mol. The summed E-state index contributed by atoms with van der Waals surface area (Å²) in [7, 11) is 0. The molecule has 0 fully saturated rings. The summed E-state index contributed by atoms with van der Waals surface area (Å²) >= 11 is 0. The van der Waals surface area contributed by atoms with E-state index in [1.807, 2.05) is 27.7 Å². The maximum atomic E-state index is 2.28. The Morgan fingerprint density at radius 2 is 1.00 bits per heavy atom. The van der Waals surface area contributed by atoms with Crippen LogP contribution in [0.5, 0.6) is 0 Å². The van der Waals surface area contributed by atoms with Gasteiger partial charge >= 0.3 is 0 Å². The van der Waals surface area contributed by atoms with Gasteiger partial charge in [-0.25, -0.2) is 0 Å². The van der Waals surface area contributed by atoms with Gasteiger partial charge < -0.3 is 0 Å². The van der Waals surface area contributed by atoms with E-state index in [0.29, 0.717) is 0 Å². The standard InChI is InChI=1S/C6H14.2C2H6.CH4/c1-4-6(3)5-2;2*1-2;/h6H,4-5H2,1-3H3;2*1-2H3;1H4. The van der Waals surface area contributed by atoms with E-state index in [9.17, 15) is 0 Å². The van der Waals surface area contributed by atoms with Crippen LogP contribution in [-0.4, -0.2) is 0 Å². The zero-order chi connectivity index (χ0) is 8.99. The van der Waals surface area contributed by atoms with Gasteiger partial charge in [-0.3, -0.25) is 0 Å². The van der Waals surface area contributed by atoms with Gasteiger partial charge in [-0.05, 0) is 5.92 Å². The predicted octanol–water partition coefficient (Wildman–Crippen LogP) is 5.13. The Balaban J connectivity index is -0.0000000428. The average molecular weight is 162 g/mol. The molecular weight excluding hydrogens is 132 g/mol. The highest BCUT2D eigenvalue weighted by Crippen LogP contribution is 2.02. The lowest BCUT2D eigenvalue weighted by Crippen LogP contribution is -1.85. The Hall–Kier alpha value is 0. The molecule has 0 aliphatic heterocycles. The first-order valence-corrected chi connectivity index (χ1v) is 4.81. The first kappa shape index (κ1) is 22.4. The second-order valence-electron chi connectivity index (χ2n) is 1.92. The van der Waals surface area contributed by atoms with Gasteiger partial charge in [0.2, 0.25) is 0 Å². The van der Waals surface area contributed by atoms with Gasteiger partial charge in [-0.1, -0.05) is 68.7 Å². The maximum absolute atomic E-state index is 2.28. The fourth-order valence-electron chi connectivity index (χ4n) is 0.289. The molecule has 0 aromatic rings. The van der Waals surface area contributed by atoms with E-state index >= 15 is 0 Å². The average Bonchev–Trinajstić information content (AvgIpc) is 2.10. The van der Waals surface area contributed by atoms with Gasteiger partial charge in [0, 0.05) is 0 Å². The van der Waals surface area contributed by atoms with Gasteiger partial charge in [0.1, 0.15) is 0 Å². The Kier molecular flexibility index (Phi) is 66.1. The molecule has 0 saturated carbocycles. The molecule has 0 amide bonds. The summed E-state index contributed by atoms with van der Waals surface area (Å²) in [5, 5.41) is 0. The minimum absolute atomic E-state index is 0. The van der Waals surface area contributed by atoms with Crippen LogP contribution in [0.15, 0.2) is 0 Å². The fraction of sp³-hybridized carbons (Fsp3) is 1.00. The maximum Gasteiger partial charge on any atom is -0.0448 e. The van der Waals surface area contributed by atoms with Crippen LogP contribution >= 0.6 is 0 Å². The zero-order valence-electron chi connectivity index (χ0n) is 8.99. The third-order valence-corrected chi connectivity index (χ3v) is 1.39. The van der Waals surface area contributed by atoms with Crippen molar-refractivity contribution in [1.82, 2.24) is 0 Å². The zero-order valence-corrected chi connectivity index (χ0v) is 8.99. The highest BCUT2D eigenvalue weighted by molar-refractivity contribution is 4.41. The van der Waals surface area contributed by atoms with Crippen molar-refractivity contribution in [3.63, 3.8) is 0 Å². The first-order chi connectivity index (χ1) is 4.81. The van der Waals surface area contributed by atoms with Crippen molar-refractivity contribution in [2.75, 3.05) is 0 Å². The van der Waals surface area contributed by atoms with E-state index in [1.165, 1.54) is 12.8 Å². The summed E-state index contributed by atoms with van der Waals surface area (Å²) in [5.41, 5.74) is 0. The van der Waals surface area contributed by atoms with Crippen molar-refractivity contribution < 1.29 is 0 Å². The van der Waals surface area contributed by atoms with Crippen LogP contribution in [0.2, 0.25) is 0 Å². The van der Waals surface area contributed by atoms with Crippen molar-refractivity contribution in [2.45, 2.75) is 68.7 Å². The Bertz CT molecular complexity index is 19.2. The fourth-order valence-corrected chi connectivity index (χ4v) is 0.289. The van der Waals surface area contributed by atoms with Crippen LogP contribution in [0.4, 0.5) is 0 Å². The van der Waals surface area contributed by atoms with Crippen molar-refractivity contribution >= 4 is 0 Å². The molecule has 74 valence electrons. The molecule has 0 aliphatic carbocycles. The van der Waals surface area contributed by atoms with Crippen molar-refractivity contribution in [1.29, 1.82) is 0 Å². The SMILES string of the molecule is C.CC.CC.CCC(C)CC. The third kappa shape index (κ3) is 40.0. The van der Waals surface area contributed by atoms with Crippen LogP contribution < -0.4 is 0 Å². The van der Waals surface area contributed by atoms with E-state index in [2.05, 4.69) is 20.8 Å². The summed E-state index contributed by atoms with van der Waals surface area (Å²) in [5.74, 6) is 0.935. The second kappa shape index (κ2) is 32.4. The normalized spacial score (nSPS) is 6.55. The summed E-state index contributed by atoms with van der Waals surface area (Å²) in [6.07, 6.45) is 2.66. The van der Waals surface area contributed by atoms with Crippen molar-refractivity contribution in [3.8, 4) is 0 Å². The molecule has 0 nitrogen and oxygen atoms in total. The van der Waals surface area contributed by atoms with E-state index in [4.69, 9.17) is 0 Å². The minimum Gasteiger partial charge on any atom is -0.0776 e. The van der Waals surface area contributed by atoms with Crippen LogP contribution in [0, 0.1) is 5.92 Å². The van der Waals surface area contributed by atoms with Gasteiger partial charge in [-0.2, -0.15) is 0 Å². The molecule has 0 radical (unpaired) electrons. The molecule has 0 aromatic carbocycles. The summed E-state index contributed by atoms with van der Waals surface area (Å²) < 4.78 is 0. The largest absolute Gasteiger partial charge is 0.0776 e. The lowest BCUT2D eigenvalue weighted by atomic mass is 10.1. The lowest BCUT2D eigenvalue weighted by molar-refractivity contribution is 0.544. The molecule has 0 heterocycles. The molecule has 0 N–H and O–H groups in total. The van der Waals surface area contributed by atoms with Crippen LogP contribution in [0.25, 0.3) is 0 Å². The molecule has 0 spiro atoms. The number of hydrogen-bond donors (Lipinski definition) is 0. The highest BCUT2D eigenvalue weighted by atomic mass is 13.9. The molecule has 0 unspecified atom stereocenters. The molecule has 0 atom stereocenters. The smallest absolute Gasteiger partial charge is 0.0448 e. The molecule has 11 heavy (non-hydrogen) atoms. The Labute approximate surface area is 75.4 Å². The Morgan fingerprint density at radius 3 is 1.00 bits per heavy atom. The van der Waals surface area contributed by atoms with Crippen molar-refractivity contribution in [2.24, 2.45) is 5.92 Å². The summed E-state index contributed by atoms with van der Waals surface area (Å²) in [6.45, 7) is 14.7. The van der Waals surface area contributed by atoms with E-state index in [-0.39, 0.29) is 7.43 Å². The van der Waals surface area contributed by atoms with Gasteiger partial charge in [0.15, 0.2) is 0 Å². The van der Waals surface area contributed by atoms with Crippen molar-refractivity contribution in [3.05, 3.63) is 0 Å². The van der Waals surface area contributed by atoms with Crippen LogP contribution in [0.1, 0.15) is 68.7 Å². The number of hydrogen-bond acceptors (Lipinski definition) is 0. The molecule has 0 bridgehead atoms. The summed E-state index contributed by atoms with van der Waals surface area (Å²) in [4.78, 5) is 0. The predicted molar refractivity (Wildman–Crippen MR) is 59.2 cm³/mol. The highest BCUT2D eigenvalue weighted by Gasteiger charge is 1.88. The molecule has 0 aromatic heterocycles. The second-order valence-corrected chi connectivity index (χ2v) is 1.92. The topological polar surface area (TPSA) is 0 Å². The van der Waals surface area contributed by atoms with Gasteiger partial charge in [0.25, 0.3) is 0 Å². The summed E-state index contributed by atoms with van der Waals surface area (Å²) in [6, 6.07) is 0. The van der Waals surface area contributed by atoms with Gasteiger partial charge in [0.05, 0.1) is 0 Å². The van der Waals surface area contributed by atoms with Crippen LogP contribution in [0.3, 0.4) is 0 Å². The molecule has 0 heteroatoms. The minimum atomic E-state index is 0. The van der Waals surface area contributed by atoms with E-state index in [1.54, 1.807) is 0 Å². The van der Waals surface area contributed by atoms with Crippen LogP contribution in [-0.2, 0) is 0 Å². The lowest BCUT2D eigenvalue weighted by Gasteiger charge is -1.98. The van der Waals surface area contributed by atoms with E-state index < -0.39 is 0 Å². The first-order valence-electron chi connectivity index (χ1n) is 4.81. The van der Waals surface area contributed by atoms with Gasteiger partial charge in [-0.15, -0.1) is 0 Å². The molecular formula is C11H30. The number of rotatable bonds is 2.